The Morgan fingerprint density at radius 2 is 2.07 bits per heavy atom. The zero-order chi connectivity index (χ0) is 20.1. The molecule has 0 aromatic heterocycles. The van der Waals surface area contributed by atoms with Gasteiger partial charge in [-0.05, 0) is 54.8 Å². The van der Waals surface area contributed by atoms with E-state index in [0.29, 0.717) is 25.1 Å². The summed E-state index contributed by atoms with van der Waals surface area (Å²) >= 11 is 0. The predicted molar refractivity (Wildman–Crippen MR) is 101 cm³/mol. The fourth-order valence-corrected chi connectivity index (χ4v) is 3.09. The number of rotatable bonds is 6. The summed E-state index contributed by atoms with van der Waals surface area (Å²) in [5.41, 5.74) is 2.69. The fraction of sp³-hybridized carbons (Fsp3) is 0.286. The molecular formula is C21H20FN3O3. The summed E-state index contributed by atoms with van der Waals surface area (Å²) in [5, 5.41) is 12.0. The van der Waals surface area contributed by atoms with E-state index in [0.717, 1.165) is 16.8 Å². The second kappa shape index (κ2) is 8.53. The van der Waals surface area contributed by atoms with Gasteiger partial charge < -0.3 is 10.1 Å². The average molecular weight is 381 g/mol. The number of nitrogens with zero attached hydrogens (tertiary/aromatic N) is 2. The number of hydrogen-bond acceptors (Lipinski definition) is 4. The smallest absolute Gasteiger partial charge is 0.338 e. The number of hydrogen-bond donors (Lipinski definition) is 1. The Bertz CT molecular complexity index is 921. The Morgan fingerprint density at radius 1 is 1.32 bits per heavy atom. The summed E-state index contributed by atoms with van der Waals surface area (Å²) in [6, 6.07) is 12.8. The molecule has 2 aromatic rings. The number of aryl methyl sites for hydroxylation is 1. The van der Waals surface area contributed by atoms with Gasteiger partial charge in [-0.3, -0.25) is 4.90 Å². The van der Waals surface area contributed by atoms with Gasteiger partial charge in [0.1, 0.15) is 12.4 Å². The Hall–Kier alpha value is -3.40. The van der Waals surface area contributed by atoms with Crippen molar-refractivity contribution in [1.82, 2.24) is 5.32 Å². The first-order valence-corrected chi connectivity index (χ1v) is 8.95. The van der Waals surface area contributed by atoms with E-state index in [1.54, 1.807) is 35.2 Å². The van der Waals surface area contributed by atoms with Crippen LogP contribution in [0.2, 0.25) is 0 Å². The molecular weight excluding hydrogens is 361 g/mol. The summed E-state index contributed by atoms with van der Waals surface area (Å²) in [7, 11) is 0. The lowest BCUT2D eigenvalue weighted by molar-refractivity contribution is 0.0468. The molecule has 1 aliphatic heterocycles. The molecule has 0 unspecified atom stereocenters. The minimum Gasteiger partial charge on any atom is -0.461 e. The van der Waals surface area contributed by atoms with Gasteiger partial charge in [-0.1, -0.05) is 12.1 Å². The van der Waals surface area contributed by atoms with E-state index >= 15 is 0 Å². The van der Waals surface area contributed by atoms with Gasteiger partial charge in [-0.25, -0.2) is 14.0 Å². The third kappa shape index (κ3) is 4.46. The number of halogens is 1. The van der Waals surface area contributed by atoms with Crippen molar-refractivity contribution in [3.05, 3.63) is 65.0 Å². The molecule has 0 saturated carbocycles. The number of anilines is 1. The quantitative estimate of drug-likeness (QED) is 0.779. The average Bonchev–Trinajstić information content (AvgIpc) is 3.12. The number of benzene rings is 2. The molecule has 3 rings (SSSR count). The first kappa shape index (κ1) is 19.4. The van der Waals surface area contributed by atoms with Crippen molar-refractivity contribution in [3.63, 3.8) is 0 Å². The Labute approximate surface area is 162 Å². The maximum atomic E-state index is 13.0. The number of nitriles is 1. The lowest BCUT2D eigenvalue weighted by Gasteiger charge is -2.17. The topological polar surface area (TPSA) is 82.4 Å². The molecule has 6 nitrogen and oxygen atoms in total. The largest absolute Gasteiger partial charge is 0.461 e. The number of carbonyl (C=O) groups is 2. The van der Waals surface area contributed by atoms with Crippen molar-refractivity contribution < 1.29 is 18.7 Å². The van der Waals surface area contributed by atoms with Gasteiger partial charge in [-0.2, -0.15) is 5.26 Å². The standard InChI is InChI=1S/C21H20FN3O3/c1-14-10-17(4-7-19(14)25-9-8-24-21(25)27)20(26)28-13-16(12-23)11-15-2-5-18(22)6-3-15/h2-7,10,16H,8-9,11,13H2,1H3,(H,24,27)/t16-/m1/s1. The third-order valence-corrected chi connectivity index (χ3v) is 4.57. The van der Waals surface area contributed by atoms with Gasteiger partial charge in [0.15, 0.2) is 0 Å². The highest BCUT2D eigenvalue weighted by atomic mass is 19.1. The summed E-state index contributed by atoms with van der Waals surface area (Å²) in [6.07, 6.45) is 0.367. The molecule has 2 amide bonds. The summed E-state index contributed by atoms with van der Waals surface area (Å²) in [6.45, 7) is 2.94. The van der Waals surface area contributed by atoms with Crippen LogP contribution in [0.1, 0.15) is 21.5 Å². The highest BCUT2D eigenvalue weighted by Crippen LogP contribution is 2.23. The van der Waals surface area contributed by atoms with Crippen molar-refractivity contribution in [2.24, 2.45) is 5.92 Å². The molecule has 1 aliphatic rings. The summed E-state index contributed by atoms with van der Waals surface area (Å²) in [4.78, 5) is 25.8. The van der Waals surface area contributed by atoms with E-state index in [9.17, 15) is 19.2 Å². The Morgan fingerprint density at radius 3 is 2.68 bits per heavy atom. The molecule has 7 heteroatoms. The van der Waals surface area contributed by atoms with E-state index in [2.05, 4.69) is 11.4 Å². The zero-order valence-electron chi connectivity index (χ0n) is 15.4. The Kier molecular flexibility index (Phi) is 5.90. The van der Waals surface area contributed by atoms with Crippen LogP contribution in [0.15, 0.2) is 42.5 Å². The maximum absolute atomic E-state index is 13.0. The predicted octanol–water partition coefficient (Wildman–Crippen LogP) is 3.20. The molecule has 1 N–H and O–H groups in total. The third-order valence-electron chi connectivity index (χ3n) is 4.57. The second-order valence-electron chi connectivity index (χ2n) is 6.64. The van der Waals surface area contributed by atoms with Crippen LogP contribution in [-0.2, 0) is 11.2 Å². The number of urea groups is 1. The fourth-order valence-electron chi connectivity index (χ4n) is 3.09. The van der Waals surface area contributed by atoms with Crippen LogP contribution in [0, 0.1) is 30.0 Å². The van der Waals surface area contributed by atoms with Gasteiger partial charge >= 0.3 is 12.0 Å². The van der Waals surface area contributed by atoms with E-state index in [4.69, 9.17) is 4.74 Å². The first-order valence-electron chi connectivity index (χ1n) is 8.95. The van der Waals surface area contributed by atoms with Gasteiger partial charge in [0, 0.05) is 18.8 Å². The van der Waals surface area contributed by atoms with Crippen LogP contribution >= 0.6 is 0 Å². The molecule has 0 spiro atoms. The van der Waals surface area contributed by atoms with E-state index in [-0.39, 0.29) is 18.5 Å². The van der Waals surface area contributed by atoms with Crippen molar-refractivity contribution in [2.75, 3.05) is 24.6 Å². The molecule has 1 saturated heterocycles. The molecule has 144 valence electrons. The molecule has 0 radical (unpaired) electrons. The van der Waals surface area contributed by atoms with Gasteiger partial charge in [0.2, 0.25) is 0 Å². The monoisotopic (exact) mass is 381 g/mol. The normalized spacial score (nSPS) is 14.3. The lowest BCUT2D eigenvalue weighted by Crippen LogP contribution is -2.28. The molecule has 1 heterocycles. The number of esters is 1. The van der Waals surface area contributed by atoms with E-state index in [1.165, 1.54) is 12.1 Å². The van der Waals surface area contributed by atoms with Crippen LogP contribution in [0.25, 0.3) is 0 Å². The van der Waals surface area contributed by atoms with Gasteiger partial charge in [0.05, 0.1) is 17.6 Å². The van der Waals surface area contributed by atoms with Crippen molar-refractivity contribution >= 4 is 17.7 Å². The van der Waals surface area contributed by atoms with E-state index in [1.807, 2.05) is 6.92 Å². The number of carbonyl (C=O) groups excluding carboxylic acids is 2. The minimum atomic E-state index is -0.528. The van der Waals surface area contributed by atoms with Crippen molar-refractivity contribution in [3.8, 4) is 6.07 Å². The molecule has 1 atom stereocenters. The van der Waals surface area contributed by atoms with Crippen LogP contribution in [0.5, 0.6) is 0 Å². The first-order chi connectivity index (χ1) is 13.5. The van der Waals surface area contributed by atoms with E-state index < -0.39 is 11.9 Å². The summed E-state index contributed by atoms with van der Waals surface area (Å²) in [5.74, 6) is -1.39. The lowest BCUT2D eigenvalue weighted by atomic mass is 10.0. The molecule has 0 bridgehead atoms. The van der Waals surface area contributed by atoms with Crippen molar-refractivity contribution in [2.45, 2.75) is 13.3 Å². The molecule has 0 aliphatic carbocycles. The zero-order valence-corrected chi connectivity index (χ0v) is 15.4. The van der Waals surface area contributed by atoms with Crippen LogP contribution < -0.4 is 10.2 Å². The second-order valence-corrected chi connectivity index (χ2v) is 6.64. The SMILES string of the molecule is Cc1cc(C(=O)OC[C@@H](C#N)Cc2ccc(F)cc2)ccc1N1CCNC1=O. The summed E-state index contributed by atoms with van der Waals surface area (Å²) < 4.78 is 18.3. The molecule has 2 aromatic carbocycles. The number of nitrogens with one attached hydrogen (secondary N) is 1. The maximum Gasteiger partial charge on any atom is 0.338 e. The van der Waals surface area contributed by atoms with Gasteiger partial charge in [0.25, 0.3) is 0 Å². The molecule has 28 heavy (non-hydrogen) atoms. The molecule has 1 fully saturated rings. The Balaban J connectivity index is 1.60. The highest BCUT2D eigenvalue weighted by molar-refractivity contribution is 5.96. The number of amides is 2. The number of ether oxygens (including phenoxy) is 1. The van der Waals surface area contributed by atoms with Crippen LogP contribution in [0.3, 0.4) is 0 Å². The van der Waals surface area contributed by atoms with Crippen molar-refractivity contribution in [1.29, 1.82) is 5.26 Å². The minimum absolute atomic E-state index is 0.0535. The van der Waals surface area contributed by atoms with Crippen LogP contribution in [-0.4, -0.2) is 31.7 Å². The van der Waals surface area contributed by atoms with Crippen LogP contribution in [0.4, 0.5) is 14.9 Å². The van der Waals surface area contributed by atoms with Gasteiger partial charge in [-0.15, -0.1) is 0 Å². The highest BCUT2D eigenvalue weighted by Gasteiger charge is 2.23.